The lowest BCUT2D eigenvalue weighted by Gasteiger charge is -2.27. The van der Waals surface area contributed by atoms with Gasteiger partial charge in [-0.15, -0.1) is 11.6 Å². The highest BCUT2D eigenvalue weighted by Crippen LogP contribution is 2.51. The highest BCUT2D eigenvalue weighted by molar-refractivity contribution is 7.80. The van der Waals surface area contributed by atoms with E-state index in [1.165, 1.54) is 0 Å². The van der Waals surface area contributed by atoms with Crippen molar-refractivity contribution in [3.05, 3.63) is 0 Å². The molecule has 1 N–H and O–H groups in total. The molecule has 0 heterocycles. The van der Waals surface area contributed by atoms with E-state index in [1.54, 1.807) is 13.8 Å². The molecular weight excluding hydrogens is 245 g/mol. The molecule has 2 unspecified atom stereocenters. The van der Waals surface area contributed by atoms with Crippen molar-refractivity contribution in [1.82, 2.24) is 0 Å². The molecule has 0 amide bonds. The van der Waals surface area contributed by atoms with Crippen LogP contribution in [0.2, 0.25) is 0 Å². The lowest BCUT2D eigenvalue weighted by Crippen LogP contribution is -2.27. The maximum atomic E-state index is 10.6. The Morgan fingerprint density at radius 2 is 2.08 bits per heavy atom. The number of hydrogen-bond donors (Lipinski definition) is 1. The summed E-state index contributed by atoms with van der Waals surface area (Å²) in [5.74, 6) is 0.206. The normalized spacial score (nSPS) is 20.2. The molecule has 2 atom stereocenters. The maximum absolute atomic E-state index is 10.6. The second-order valence-corrected chi connectivity index (χ2v) is 6.05. The van der Waals surface area contributed by atoms with Gasteiger partial charge in [-0.25, -0.2) is 4.57 Å². The first kappa shape index (κ1) is 13.0. The molecule has 0 aliphatic heterocycles. The Kier molecular flexibility index (Phi) is 4.88. The first-order valence-electron chi connectivity index (χ1n) is 3.10. The van der Waals surface area contributed by atoms with E-state index in [2.05, 4.69) is 4.52 Å². The zero-order valence-electron chi connectivity index (χ0n) is 6.63. The molecule has 0 aliphatic carbocycles. The van der Waals surface area contributed by atoms with E-state index in [9.17, 15) is 4.57 Å². The minimum Gasteiger partial charge on any atom is -0.313 e. The monoisotopic (exact) mass is 254 g/mol. The quantitative estimate of drug-likeness (QED) is 0.620. The predicted octanol–water partition coefficient (Wildman–Crippen LogP) is 3.17. The Balaban J connectivity index is 4.22. The maximum Gasteiger partial charge on any atom is 0.423 e. The van der Waals surface area contributed by atoms with Gasteiger partial charge in [0.05, 0.1) is 0 Å². The van der Waals surface area contributed by atoms with Crippen LogP contribution in [0.5, 0.6) is 0 Å². The molecule has 0 saturated heterocycles. The molecule has 12 heavy (non-hydrogen) atoms. The summed E-state index contributed by atoms with van der Waals surface area (Å²) in [6, 6.07) is 0. The predicted molar refractivity (Wildman–Crippen MR) is 50.9 cm³/mol. The summed E-state index contributed by atoms with van der Waals surface area (Å²) in [5, 5.41) is 0. The third kappa shape index (κ3) is 4.90. The van der Waals surface area contributed by atoms with Crippen molar-refractivity contribution in [2.75, 3.05) is 5.88 Å². The van der Waals surface area contributed by atoms with Crippen molar-refractivity contribution in [3.63, 3.8) is 0 Å². The second kappa shape index (κ2) is 4.50. The molecule has 0 rings (SSSR count). The number of hydrogen-bond acceptors (Lipinski definition) is 2. The summed E-state index contributed by atoms with van der Waals surface area (Å²) < 4.78 is 15.0. The highest BCUT2D eigenvalue weighted by atomic mass is 35.7. The molecule has 0 radical (unpaired) electrons. The van der Waals surface area contributed by atoms with Gasteiger partial charge >= 0.3 is 6.95 Å². The second-order valence-electron chi connectivity index (χ2n) is 3.00. The number of rotatable bonds is 4. The lowest BCUT2D eigenvalue weighted by atomic mass is 9.98. The minimum atomic E-state index is -4.05. The zero-order chi connectivity index (χ0) is 9.99. The van der Waals surface area contributed by atoms with E-state index < -0.39 is 17.9 Å². The summed E-state index contributed by atoms with van der Waals surface area (Å²) in [4.78, 5) is 8.62. The van der Waals surface area contributed by atoms with E-state index >= 15 is 0 Å². The molecule has 0 aromatic heterocycles. The Bertz CT molecular complexity index is 190. The summed E-state index contributed by atoms with van der Waals surface area (Å²) in [6.07, 6.45) is 0. The van der Waals surface area contributed by atoms with E-state index in [-0.39, 0.29) is 5.88 Å². The van der Waals surface area contributed by atoms with Gasteiger partial charge < -0.3 is 4.89 Å². The van der Waals surface area contributed by atoms with Gasteiger partial charge in [-0.1, -0.05) is 25.4 Å². The zero-order valence-corrected chi connectivity index (χ0v) is 9.79. The van der Waals surface area contributed by atoms with Crippen molar-refractivity contribution in [2.24, 2.45) is 5.41 Å². The van der Waals surface area contributed by atoms with E-state index in [0.717, 1.165) is 0 Å². The molecular formula is C5H10Cl3O3P. The van der Waals surface area contributed by atoms with Crippen LogP contribution in [0.1, 0.15) is 13.8 Å². The topological polar surface area (TPSA) is 46.5 Å². The summed E-state index contributed by atoms with van der Waals surface area (Å²) in [6.45, 7) is -0.653. The smallest absolute Gasteiger partial charge is 0.313 e. The third-order valence-electron chi connectivity index (χ3n) is 1.18. The minimum absolute atomic E-state index is 0.206. The fourth-order valence-electron chi connectivity index (χ4n) is 0.317. The van der Waals surface area contributed by atoms with Gasteiger partial charge in [0.2, 0.25) is 0 Å². The summed E-state index contributed by atoms with van der Waals surface area (Å²) >= 11 is 16.1. The van der Waals surface area contributed by atoms with Gasteiger partial charge in [-0.3, -0.25) is 4.52 Å². The van der Waals surface area contributed by atoms with Gasteiger partial charge in [0.15, 0.2) is 0 Å². The van der Waals surface area contributed by atoms with Gasteiger partial charge in [-0.05, 0) is 0 Å². The summed E-state index contributed by atoms with van der Waals surface area (Å²) in [5.41, 5.74) is -1.58. The van der Waals surface area contributed by atoms with Crippen molar-refractivity contribution in [1.29, 1.82) is 0 Å². The van der Waals surface area contributed by atoms with Gasteiger partial charge in [0.25, 0.3) is 0 Å². The molecule has 0 fully saturated rings. The fraction of sp³-hybridized carbons (Fsp3) is 1.00. The molecule has 0 spiro atoms. The van der Waals surface area contributed by atoms with Gasteiger partial charge in [0, 0.05) is 22.5 Å². The average molecular weight is 255 g/mol. The van der Waals surface area contributed by atoms with Crippen LogP contribution in [0.3, 0.4) is 0 Å². The molecule has 7 heteroatoms. The van der Waals surface area contributed by atoms with Crippen LogP contribution in [0, 0.1) is 5.41 Å². The highest BCUT2D eigenvalue weighted by Gasteiger charge is 2.33. The SMILES string of the molecule is CC(C)(CCl)C(Cl)OP(=O)(O)Cl. The largest absolute Gasteiger partial charge is 0.423 e. The Labute approximate surface area is 86.3 Å². The number of alkyl halides is 2. The molecule has 3 nitrogen and oxygen atoms in total. The van der Waals surface area contributed by atoms with Crippen LogP contribution in [0.25, 0.3) is 0 Å². The van der Waals surface area contributed by atoms with E-state index in [0.29, 0.717) is 0 Å². The standard InChI is InChI=1S/C5H10Cl3O3P/c1-5(2,3-6)4(7)11-12(8,9)10/h4H,3H2,1-2H3,(H,9,10). The van der Waals surface area contributed by atoms with Crippen molar-refractivity contribution in [3.8, 4) is 0 Å². The molecule has 0 saturated carbocycles. The van der Waals surface area contributed by atoms with Gasteiger partial charge in [0.1, 0.15) is 5.56 Å². The van der Waals surface area contributed by atoms with Crippen LogP contribution >= 0.6 is 41.4 Å². The molecule has 0 aliphatic rings. The first-order chi connectivity index (χ1) is 5.19. The van der Waals surface area contributed by atoms with Crippen LogP contribution < -0.4 is 0 Å². The number of halogens is 3. The van der Waals surface area contributed by atoms with Crippen LogP contribution in [-0.4, -0.2) is 16.3 Å². The fourth-order valence-corrected chi connectivity index (χ4v) is 1.81. The summed E-state index contributed by atoms with van der Waals surface area (Å²) in [7, 11) is 0. The average Bonchev–Trinajstić information content (AvgIpc) is 1.84. The van der Waals surface area contributed by atoms with E-state index in [4.69, 9.17) is 39.3 Å². The lowest BCUT2D eigenvalue weighted by molar-refractivity contribution is 0.149. The molecule has 0 aromatic carbocycles. The van der Waals surface area contributed by atoms with Gasteiger partial charge in [-0.2, -0.15) is 0 Å². The Morgan fingerprint density at radius 3 is 2.33 bits per heavy atom. The third-order valence-corrected chi connectivity index (χ3v) is 3.38. The van der Waals surface area contributed by atoms with Crippen molar-refractivity contribution < 1.29 is 14.0 Å². The van der Waals surface area contributed by atoms with E-state index in [1.807, 2.05) is 0 Å². The van der Waals surface area contributed by atoms with Crippen LogP contribution in [0.15, 0.2) is 0 Å². The molecule has 74 valence electrons. The molecule has 0 bridgehead atoms. The first-order valence-corrected chi connectivity index (χ1v) is 6.55. The Morgan fingerprint density at radius 1 is 1.67 bits per heavy atom. The Hall–Kier alpha value is 1.02. The molecule has 0 aromatic rings. The van der Waals surface area contributed by atoms with Crippen molar-refractivity contribution >= 4 is 41.4 Å². The van der Waals surface area contributed by atoms with Crippen LogP contribution in [-0.2, 0) is 9.09 Å². The van der Waals surface area contributed by atoms with Crippen molar-refractivity contribution in [2.45, 2.75) is 19.4 Å². The van der Waals surface area contributed by atoms with Crippen LogP contribution in [0.4, 0.5) is 0 Å².